The Morgan fingerprint density at radius 3 is 0.957 bits per heavy atom. The average Bonchev–Trinajstić information content (AvgIpc) is 3.17. The third-order valence-electron chi connectivity index (χ3n) is 8.66. The molecule has 418 valence electrons. The molecule has 0 bridgehead atoms. The van der Waals surface area contributed by atoms with E-state index in [0.29, 0.717) is 0 Å². The summed E-state index contributed by atoms with van der Waals surface area (Å²) in [4.78, 5) is 22.7. The van der Waals surface area contributed by atoms with E-state index >= 15 is 0 Å². The van der Waals surface area contributed by atoms with Crippen LogP contribution in [0.4, 0.5) is 141 Å². The van der Waals surface area contributed by atoms with E-state index in [4.69, 9.17) is 9.47 Å². The first-order valence-electron chi connectivity index (χ1n) is 17.8. The molecular weight excluding hydrogens is 1080 g/mol. The summed E-state index contributed by atoms with van der Waals surface area (Å²) < 4.78 is 413. The molecule has 0 spiro atoms. The first-order chi connectivity index (χ1) is 29.9. The van der Waals surface area contributed by atoms with Gasteiger partial charge in [-0.3, -0.25) is 14.3 Å². The van der Waals surface area contributed by atoms with E-state index in [1.54, 1.807) is 13.8 Å². The Kier molecular flexibility index (Phi) is 22.2. The maximum atomic E-state index is 14.4. The van der Waals surface area contributed by atoms with Crippen LogP contribution >= 0.6 is 0 Å². The zero-order valence-electron chi connectivity index (χ0n) is 35.2. The SMILES string of the molecule is CC(C)CC(C)(C#CC(C)(CC(C)C)OCC(=O)C(F)(F)C(F)(F)C(F)(F)C(F)(F)C(F)(F)C(F)(F)C(F)(F)CF)OCC(=O)F.F.FCC(F)(F)C(F)(F)C(F)(F)C(F)(F)C(F)(F)C(F)(F)C(F)F. The first-order valence-corrected chi connectivity index (χ1v) is 17.8. The third kappa shape index (κ3) is 12.8. The van der Waals surface area contributed by atoms with Gasteiger partial charge in [-0.05, 0) is 38.5 Å². The topological polar surface area (TPSA) is 52.6 Å². The molecule has 0 radical (unpaired) electrons. The van der Waals surface area contributed by atoms with Crippen LogP contribution in [0.25, 0.3) is 0 Å². The van der Waals surface area contributed by atoms with E-state index < -0.39 is 139 Å². The van der Waals surface area contributed by atoms with E-state index in [1.807, 2.05) is 0 Å². The fourth-order valence-electron chi connectivity index (χ4n) is 4.98. The molecule has 36 heteroatoms. The minimum absolute atomic E-state index is 0. The molecule has 2 atom stereocenters. The highest BCUT2D eigenvalue weighted by Gasteiger charge is 2.94. The molecule has 0 aromatic carbocycles. The van der Waals surface area contributed by atoms with Crippen LogP contribution in [0.5, 0.6) is 0 Å². The molecule has 0 aromatic heterocycles. The lowest BCUT2D eigenvalue weighted by Gasteiger charge is -2.42. The maximum Gasteiger partial charge on any atom is 0.385 e. The molecule has 0 saturated heterocycles. The molecule has 70 heavy (non-hydrogen) atoms. The fraction of sp³-hybridized carbons (Fsp3) is 0.882. The Balaban J connectivity index is -0.00000157. The molecule has 4 nitrogen and oxygen atoms in total. The van der Waals surface area contributed by atoms with Gasteiger partial charge in [-0.1, -0.05) is 39.5 Å². The summed E-state index contributed by atoms with van der Waals surface area (Å²) in [6.45, 7) is -2.90. The molecule has 0 aliphatic rings. The van der Waals surface area contributed by atoms with Crippen molar-refractivity contribution >= 4 is 11.8 Å². The van der Waals surface area contributed by atoms with Crippen molar-refractivity contribution in [3.05, 3.63) is 0 Å². The minimum atomic E-state index is -8.46. The smallest absolute Gasteiger partial charge is 0.355 e. The van der Waals surface area contributed by atoms with Gasteiger partial charge in [-0.15, -0.1) is 0 Å². The summed E-state index contributed by atoms with van der Waals surface area (Å²) >= 11 is 0. The van der Waals surface area contributed by atoms with Crippen LogP contribution in [0.3, 0.4) is 0 Å². The van der Waals surface area contributed by atoms with Gasteiger partial charge in [0.15, 0.2) is 13.3 Å². The van der Waals surface area contributed by atoms with Crippen molar-refractivity contribution in [1.29, 1.82) is 0 Å². The predicted molar refractivity (Wildman–Crippen MR) is 171 cm³/mol. The van der Waals surface area contributed by atoms with Crippen LogP contribution in [0.2, 0.25) is 0 Å². The number of Topliss-reactive ketones (excluding diaryl/α,β-unsaturated/α-hetero) is 1. The lowest BCUT2D eigenvalue weighted by molar-refractivity contribution is -0.438. The van der Waals surface area contributed by atoms with E-state index in [9.17, 15) is 146 Å². The highest BCUT2D eigenvalue weighted by molar-refractivity contribution is 5.88. The molecule has 0 heterocycles. The highest BCUT2D eigenvalue weighted by Crippen LogP contribution is 2.63. The molecule has 0 aliphatic carbocycles. The Hall–Kier alpha value is -3.42. The molecule has 0 fully saturated rings. The number of rotatable bonds is 25. The van der Waals surface area contributed by atoms with Crippen LogP contribution in [-0.2, 0) is 19.1 Å². The van der Waals surface area contributed by atoms with Gasteiger partial charge >= 0.3 is 89.5 Å². The Morgan fingerprint density at radius 1 is 0.443 bits per heavy atom. The van der Waals surface area contributed by atoms with E-state index in [2.05, 4.69) is 11.8 Å². The van der Waals surface area contributed by atoms with E-state index in [1.165, 1.54) is 20.8 Å². The molecule has 0 amide bonds. The summed E-state index contributed by atoms with van der Waals surface area (Å²) in [7, 11) is 0. The van der Waals surface area contributed by atoms with Crippen molar-refractivity contribution in [3.63, 3.8) is 0 Å². The summed E-state index contributed by atoms with van der Waals surface area (Å²) in [5.41, 5.74) is -3.87. The van der Waals surface area contributed by atoms with Crippen molar-refractivity contribution in [2.24, 2.45) is 11.8 Å². The number of alkyl halides is 30. The Labute approximate surface area is 371 Å². The second kappa shape index (κ2) is 22.0. The monoisotopic (exact) mass is 1110 g/mol. The first kappa shape index (κ1) is 70.8. The number of hydrogen-bond donors (Lipinski definition) is 0. The molecule has 0 N–H and O–H groups in total. The second-order valence-electron chi connectivity index (χ2n) is 15.6. The van der Waals surface area contributed by atoms with Gasteiger partial charge < -0.3 is 9.47 Å². The van der Waals surface area contributed by atoms with Crippen molar-refractivity contribution in [1.82, 2.24) is 0 Å². The quantitative estimate of drug-likeness (QED) is 0.0519. The third-order valence-corrected chi connectivity index (χ3v) is 8.66. The van der Waals surface area contributed by atoms with Gasteiger partial charge in [0.2, 0.25) is 5.78 Å². The number of carbonyl (C=O) groups excluding carboxylic acids is 2. The lowest BCUT2D eigenvalue weighted by atomic mass is 9.88. The normalized spacial score (nSPS) is 16.5. The van der Waals surface area contributed by atoms with Gasteiger partial charge in [0, 0.05) is 0 Å². The largest absolute Gasteiger partial charge is 0.385 e. The van der Waals surface area contributed by atoms with Gasteiger partial charge in [0.25, 0.3) is 0 Å². The predicted octanol–water partition coefficient (Wildman–Crippen LogP) is 13.3. The van der Waals surface area contributed by atoms with Crippen LogP contribution in [0.1, 0.15) is 54.4 Å². The molecule has 0 rings (SSSR count). The molecular formula is C34H34F32O4. The van der Waals surface area contributed by atoms with E-state index in [-0.39, 0.29) is 23.5 Å². The lowest BCUT2D eigenvalue weighted by Crippen LogP contribution is -2.74. The number of ketones is 1. The summed E-state index contributed by atoms with van der Waals surface area (Å²) in [6.07, 6.45) is -6.15. The van der Waals surface area contributed by atoms with Crippen LogP contribution in [0.15, 0.2) is 0 Å². The highest BCUT2D eigenvalue weighted by atomic mass is 19.4. The zero-order chi connectivity index (χ0) is 56.5. The van der Waals surface area contributed by atoms with Crippen LogP contribution in [0, 0.1) is 23.7 Å². The number of hydrogen-bond acceptors (Lipinski definition) is 4. The van der Waals surface area contributed by atoms with Crippen molar-refractivity contribution in [3.8, 4) is 11.8 Å². The van der Waals surface area contributed by atoms with Crippen molar-refractivity contribution in [2.45, 2.75) is 149 Å². The molecule has 0 saturated carbocycles. The van der Waals surface area contributed by atoms with Crippen LogP contribution < -0.4 is 0 Å². The number of halogens is 32. The zero-order valence-corrected chi connectivity index (χ0v) is 35.2. The fourth-order valence-corrected chi connectivity index (χ4v) is 4.98. The summed E-state index contributed by atoms with van der Waals surface area (Å²) in [5.74, 6) is -100. The molecule has 2 unspecified atom stereocenters. The second-order valence-corrected chi connectivity index (χ2v) is 15.6. The molecule has 0 aliphatic heterocycles. The van der Waals surface area contributed by atoms with Crippen molar-refractivity contribution < 1.29 is 160 Å². The van der Waals surface area contributed by atoms with Gasteiger partial charge in [0.1, 0.15) is 24.4 Å². The minimum Gasteiger partial charge on any atom is -0.355 e. The summed E-state index contributed by atoms with van der Waals surface area (Å²) in [5, 5.41) is 0. The van der Waals surface area contributed by atoms with E-state index in [0.717, 1.165) is 6.92 Å². The van der Waals surface area contributed by atoms with Crippen LogP contribution in [-0.4, -0.2) is 133 Å². The van der Waals surface area contributed by atoms with Gasteiger partial charge in [-0.2, -0.15) is 119 Å². The Morgan fingerprint density at radius 2 is 0.700 bits per heavy atom. The number of carbonyl (C=O) groups is 2. The Bertz CT molecular complexity index is 1800. The maximum absolute atomic E-state index is 14.4. The van der Waals surface area contributed by atoms with Gasteiger partial charge in [0.05, 0.1) is 0 Å². The van der Waals surface area contributed by atoms with Crippen molar-refractivity contribution in [2.75, 3.05) is 26.6 Å². The summed E-state index contributed by atoms with van der Waals surface area (Å²) in [6, 6.07) is -1.94. The number of ether oxygens (including phenoxy) is 2. The molecule has 0 aromatic rings. The standard InChI is InChI=1S/C26H30F16O4.C8H3F15.FH/c1-14(2)9-18(5,7-8-19(6,10-15(3)4)46-12-17(28)44)45-11-16(43)21(31,32)23(35,36)25(39,40)26(41,42)24(37,38)22(33,34)20(29,30)13-27;9-1-3(12,13)5(16,17)7(20,21)8(22,23)6(18,19)4(14,15)2(10)11;/h14-15H,9-13H2,1-6H3;2H,1H2;1H. The van der Waals surface area contributed by atoms with Gasteiger partial charge in [-0.25, -0.2) is 17.6 Å². The average molecular weight is 1110 g/mol.